The normalized spacial score (nSPS) is 10.3. The maximum Gasteiger partial charge on any atom is 0.249 e. The average Bonchev–Trinajstić information content (AvgIpc) is 2.65. The molecular weight excluding hydrogens is 344 g/mol. The fourth-order valence-corrected chi connectivity index (χ4v) is 2.20. The molecule has 1 heterocycles. The summed E-state index contributed by atoms with van der Waals surface area (Å²) >= 11 is 0. The number of methoxy groups -OCH3 is 2. The second-order valence-electron chi connectivity index (χ2n) is 5.08. The number of aromatic nitrogens is 3. The summed E-state index contributed by atoms with van der Waals surface area (Å²) in [6, 6.07) is 8.70. The summed E-state index contributed by atoms with van der Waals surface area (Å²) in [5, 5.41) is 13.0. The van der Waals surface area contributed by atoms with E-state index in [-0.39, 0.29) is 11.6 Å². The van der Waals surface area contributed by atoms with E-state index in [1.165, 1.54) is 19.4 Å². The molecule has 9 heteroatoms. The molecular formula is C17H15F2N5O2. The second kappa shape index (κ2) is 7.60. The molecule has 0 aliphatic rings. The Bertz CT molecular complexity index is 903. The topological polar surface area (TPSA) is 81.2 Å². The Balaban J connectivity index is 1.86. The van der Waals surface area contributed by atoms with Crippen LogP contribution in [0.2, 0.25) is 0 Å². The maximum absolute atomic E-state index is 13.7. The molecule has 2 N–H and O–H groups in total. The van der Waals surface area contributed by atoms with Crippen LogP contribution < -0.4 is 20.1 Å². The van der Waals surface area contributed by atoms with E-state index in [2.05, 4.69) is 25.8 Å². The van der Waals surface area contributed by atoms with Crippen LogP contribution in [-0.4, -0.2) is 29.4 Å². The largest absolute Gasteiger partial charge is 0.497 e. The number of ether oxygens (including phenoxy) is 2. The molecule has 0 aliphatic carbocycles. The van der Waals surface area contributed by atoms with E-state index in [0.717, 1.165) is 12.1 Å². The van der Waals surface area contributed by atoms with Gasteiger partial charge in [0.15, 0.2) is 5.82 Å². The lowest BCUT2D eigenvalue weighted by Crippen LogP contribution is -2.05. The van der Waals surface area contributed by atoms with Crippen LogP contribution in [0.3, 0.4) is 0 Å². The van der Waals surface area contributed by atoms with E-state index in [9.17, 15) is 8.78 Å². The lowest BCUT2D eigenvalue weighted by Gasteiger charge is -2.12. The number of hydrogen-bond acceptors (Lipinski definition) is 7. The third-order valence-corrected chi connectivity index (χ3v) is 3.43. The van der Waals surface area contributed by atoms with Crippen LogP contribution in [0.5, 0.6) is 11.5 Å². The highest BCUT2D eigenvalue weighted by Gasteiger charge is 2.12. The first-order valence-corrected chi connectivity index (χ1v) is 7.50. The number of rotatable bonds is 6. The minimum atomic E-state index is -0.763. The van der Waals surface area contributed by atoms with Gasteiger partial charge in [-0.1, -0.05) is 6.07 Å². The maximum atomic E-state index is 13.7. The number of nitrogens with one attached hydrogen (secondary N) is 2. The molecule has 2 aromatic carbocycles. The van der Waals surface area contributed by atoms with Crippen molar-refractivity contribution in [2.45, 2.75) is 0 Å². The van der Waals surface area contributed by atoms with Crippen LogP contribution in [0.1, 0.15) is 0 Å². The number of halogens is 2. The smallest absolute Gasteiger partial charge is 0.249 e. The summed E-state index contributed by atoms with van der Waals surface area (Å²) in [5.74, 6) is -0.129. The predicted octanol–water partition coefficient (Wildman–Crippen LogP) is 3.65. The minimum Gasteiger partial charge on any atom is -0.497 e. The quantitative estimate of drug-likeness (QED) is 0.695. The average molecular weight is 359 g/mol. The van der Waals surface area contributed by atoms with Crippen molar-refractivity contribution in [3.05, 3.63) is 54.2 Å². The van der Waals surface area contributed by atoms with Gasteiger partial charge in [0.2, 0.25) is 5.95 Å². The zero-order valence-electron chi connectivity index (χ0n) is 14.0. The standard InChI is InChI=1S/C17H15F2N5O2/c1-25-10-6-7-14(26-2)13(8-10)21-15-9-20-24-17(22-15)23-16-11(18)4-3-5-12(16)19/h3-9H,1-2H3,(H2,21,22,23,24). The van der Waals surface area contributed by atoms with Crippen molar-refractivity contribution in [2.75, 3.05) is 24.9 Å². The first-order chi connectivity index (χ1) is 12.6. The van der Waals surface area contributed by atoms with E-state index < -0.39 is 11.6 Å². The number of hydrogen-bond donors (Lipinski definition) is 2. The van der Waals surface area contributed by atoms with Crippen molar-refractivity contribution in [3.63, 3.8) is 0 Å². The van der Waals surface area contributed by atoms with Crippen LogP contribution in [0.15, 0.2) is 42.6 Å². The Labute approximate surface area is 148 Å². The van der Waals surface area contributed by atoms with Crippen molar-refractivity contribution in [3.8, 4) is 11.5 Å². The van der Waals surface area contributed by atoms with Crippen molar-refractivity contribution in [1.29, 1.82) is 0 Å². The lowest BCUT2D eigenvalue weighted by molar-refractivity contribution is 0.405. The molecule has 3 rings (SSSR count). The molecule has 26 heavy (non-hydrogen) atoms. The third kappa shape index (κ3) is 3.77. The van der Waals surface area contributed by atoms with Crippen molar-refractivity contribution >= 4 is 23.1 Å². The zero-order valence-corrected chi connectivity index (χ0v) is 14.0. The molecule has 0 saturated heterocycles. The highest BCUT2D eigenvalue weighted by Crippen LogP contribution is 2.31. The fraction of sp³-hybridized carbons (Fsp3) is 0.118. The summed E-state index contributed by atoms with van der Waals surface area (Å²) in [7, 11) is 3.07. The highest BCUT2D eigenvalue weighted by atomic mass is 19.1. The highest BCUT2D eigenvalue weighted by molar-refractivity contribution is 5.66. The summed E-state index contributed by atoms with van der Waals surface area (Å²) < 4.78 is 37.9. The molecule has 0 bridgehead atoms. The number of nitrogens with zero attached hydrogens (tertiary/aromatic N) is 3. The van der Waals surface area contributed by atoms with Gasteiger partial charge in [-0.15, -0.1) is 5.10 Å². The minimum absolute atomic E-state index is 0.0686. The van der Waals surface area contributed by atoms with Crippen molar-refractivity contribution in [1.82, 2.24) is 15.2 Å². The van der Waals surface area contributed by atoms with E-state index >= 15 is 0 Å². The molecule has 0 fully saturated rings. The van der Waals surface area contributed by atoms with Gasteiger partial charge in [0.1, 0.15) is 28.8 Å². The van der Waals surface area contributed by atoms with Gasteiger partial charge in [-0.3, -0.25) is 0 Å². The van der Waals surface area contributed by atoms with Crippen LogP contribution in [0.4, 0.5) is 31.9 Å². The zero-order chi connectivity index (χ0) is 18.5. The molecule has 0 atom stereocenters. The number of benzene rings is 2. The lowest BCUT2D eigenvalue weighted by atomic mass is 10.2. The Morgan fingerprint density at radius 2 is 1.73 bits per heavy atom. The summed E-state index contributed by atoms with van der Waals surface area (Å²) in [6.45, 7) is 0. The molecule has 0 spiro atoms. The van der Waals surface area contributed by atoms with Gasteiger partial charge in [0.05, 0.1) is 26.1 Å². The Morgan fingerprint density at radius 1 is 0.962 bits per heavy atom. The third-order valence-electron chi connectivity index (χ3n) is 3.43. The molecule has 0 unspecified atom stereocenters. The molecule has 0 aliphatic heterocycles. The van der Waals surface area contributed by atoms with Gasteiger partial charge in [-0.2, -0.15) is 10.1 Å². The van der Waals surface area contributed by atoms with Gasteiger partial charge in [0, 0.05) is 6.07 Å². The van der Waals surface area contributed by atoms with Gasteiger partial charge in [-0.25, -0.2) is 8.78 Å². The van der Waals surface area contributed by atoms with Crippen LogP contribution in [0, 0.1) is 11.6 Å². The predicted molar refractivity (Wildman–Crippen MR) is 92.3 cm³/mol. The Hall–Kier alpha value is -3.49. The fourth-order valence-electron chi connectivity index (χ4n) is 2.20. The van der Waals surface area contributed by atoms with Gasteiger partial charge in [0.25, 0.3) is 0 Å². The monoisotopic (exact) mass is 359 g/mol. The van der Waals surface area contributed by atoms with Crippen LogP contribution in [0.25, 0.3) is 0 Å². The van der Waals surface area contributed by atoms with Crippen molar-refractivity contribution < 1.29 is 18.3 Å². The van der Waals surface area contributed by atoms with Gasteiger partial charge < -0.3 is 20.1 Å². The Morgan fingerprint density at radius 3 is 2.42 bits per heavy atom. The van der Waals surface area contributed by atoms with E-state index in [1.54, 1.807) is 25.3 Å². The molecule has 7 nitrogen and oxygen atoms in total. The molecule has 3 aromatic rings. The van der Waals surface area contributed by atoms with E-state index in [0.29, 0.717) is 23.0 Å². The number of anilines is 4. The number of para-hydroxylation sites is 1. The second-order valence-corrected chi connectivity index (χ2v) is 5.08. The summed E-state index contributed by atoms with van der Waals surface area (Å²) in [4.78, 5) is 4.15. The molecule has 0 saturated carbocycles. The summed E-state index contributed by atoms with van der Waals surface area (Å²) in [5.41, 5.74) is 0.223. The van der Waals surface area contributed by atoms with Crippen LogP contribution in [-0.2, 0) is 0 Å². The van der Waals surface area contributed by atoms with E-state index in [4.69, 9.17) is 9.47 Å². The van der Waals surface area contributed by atoms with Gasteiger partial charge in [-0.05, 0) is 24.3 Å². The summed E-state index contributed by atoms with van der Waals surface area (Å²) in [6.07, 6.45) is 1.36. The van der Waals surface area contributed by atoms with Crippen molar-refractivity contribution in [2.24, 2.45) is 0 Å². The van der Waals surface area contributed by atoms with E-state index in [1.807, 2.05) is 0 Å². The van der Waals surface area contributed by atoms with Crippen LogP contribution >= 0.6 is 0 Å². The molecule has 0 amide bonds. The van der Waals surface area contributed by atoms with Gasteiger partial charge >= 0.3 is 0 Å². The molecule has 134 valence electrons. The SMILES string of the molecule is COc1ccc(OC)c(Nc2cnnc(Nc3c(F)cccc3F)n2)c1. The molecule has 1 aromatic heterocycles. The first kappa shape index (κ1) is 17.3. The molecule has 0 radical (unpaired) electrons. The first-order valence-electron chi connectivity index (χ1n) is 7.50. The Kier molecular flexibility index (Phi) is 5.07.